The molecule has 6 atom stereocenters. The molecule has 0 heterocycles. The van der Waals surface area contributed by atoms with Gasteiger partial charge in [-0.2, -0.15) is 0 Å². The molecule has 0 spiro atoms. The average Bonchev–Trinajstić information content (AvgIpc) is 3.55. The van der Waals surface area contributed by atoms with E-state index in [1.54, 1.807) is 20.8 Å². The van der Waals surface area contributed by atoms with Gasteiger partial charge in [0.2, 0.25) is 0 Å². The first kappa shape index (κ1) is 51.0. The molecular weight excluding hydrogens is 786 g/mol. The number of likely N-dealkylation sites (N-methyl/N-ethyl adjacent to an activating group) is 1. The number of ether oxygens (including phenoxy) is 2. The molecule has 1 aromatic carbocycles. The molecule has 2 N–H and O–H groups in total. The number of nitrogens with two attached hydrogens (primary N) is 1. The largest absolute Gasteiger partial charge is 0.466 e. The summed E-state index contributed by atoms with van der Waals surface area (Å²) in [5, 5.41) is 0.703. The SMILES string of the molecule is CCOC(=O)C(C)(C)CC(=O)OCCCC1(C)C(C(C)C)CCC2(C)C(C)(CCCC(=O)CN(CCN(C)C)Cc3ccc(Cl)cc3)C(C3=C(C(C)C)C(=O)CC3)CCC12N. The molecule has 0 bridgehead atoms. The number of esters is 2. The highest BCUT2D eigenvalue weighted by Gasteiger charge is 2.70. The Balaban J connectivity index is 1.62. The summed E-state index contributed by atoms with van der Waals surface area (Å²) in [7, 11) is 4.12. The summed E-state index contributed by atoms with van der Waals surface area (Å²) in [6.07, 6.45) is 8.74. The average molecular weight is 869 g/mol. The Morgan fingerprint density at radius 2 is 1.57 bits per heavy atom. The molecule has 3 aliphatic rings. The minimum atomic E-state index is -0.959. The van der Waals surface area contributed by atoms with Crippen LogP contribution >= 0.6 is 11.6 Å². The van der Waals surface area contributed by atoms with Crippen molar-refractivity contribution in [1.82, 2.24) is 9.80 Å². The van der Waals surface area contributed by atoms with Gasteiger partial charge >= 0.3 is 11.9 Å². The van der Waals surface area contributed by atoms with Gasteiger partial charge in [0.1, 0.15) is 5.78 Å². The second-order valence-corrected chi connectivity index (χ2v) is 21.7. The summed E-state index contributed by atoms with van der Waals surface area (Å²) in [5.41, 5.74) is 9.36. The van der Waals surface area contributed by atoms with E-state index in [1.807, 2.05) is 24.3 Å². The molecule has 6 unspecified atom stereocenters. The van der Waals surface area contributed by atoms with Crippen LogP contribution in [0.15, 0.2) is 35.4 Å². The number of carbonyl (C=O) groups excluding carboxylic acids is 4. The van der Waals surface area contributed by atoms with Gasteiger partial charge in [-0.3, -0.25) is 24.1 Å². The third kappa shape index (κ3) is 11.2. The van der Waals surface area contributed by atoms with Crippen molar-refractivity contribution in [3.05, 3.63) is 46.0 Å². The van der Waals surface area contributed by atoms with Gasteiger partial charge in [0, 0.05) is 43.0 Å². The van der Waals surface area contributed by atoms with E-state index in [9.17, 15) is 19.2 Å². The quantitative estimate of drug-likeness (QED) is 0.0897. The molecule has 0 radical (unpaired) electrons. The van der Waals surface area contributed by atoms with Crippen LogP contribution in [0.2, 0.25) is 5.02 Å². The van der Waals surface area contributed by atoms with Gasteiger partial charge in [-0.25, -0.2) is 0 Å². The lowest BCUT2D eigenvalue weighted by Gasteiger charge is -2.73. The van der Waals surface area contributed by atoms with Crippen LogP contribution in [0.4, 0.5) is 0 Å². The highest BCUT2D eigenvalue weighted by molar-refractivity contribution is 6.30. The maximum atomic E-state index is 14.0. The van der Waals surface area contributed by atoms with Crippen molar-refractivity contribution < 1.29 is 28.7 Å². The molecule has 3 aliphatic carbocycles. The zero-order valence-electron chi connectivity index (χ0n) is 40.1. The third-order valence-electron chi connectivity index (χ3n) is 16.0. The molecule has 0 aliphatic heterocycles. The van der Waals surface area contributed by atoms with Gasteiger partial charge in [0.15, 0.2) is 5.78 Å². The number of ketones is 2. The molecule has 61 heavy (non-hydrogen) atoms. The number of allylic oxidation sites excluding steroid dienone is 2. The van der Waals surface area contributed by atoms with Gasteiger partial charge in [-0.05, 0) is 156 Å². The lowest BCUT2D eigenvalue weighted by molar-refractivity contribution is -0.199. The van der Waals surface area contributed by atoms with Crippen LogP contribution in [0.3, 0.4) is 0 Å². The van der Waals surface area contributed by atoms with Gasteiger partial charge in [0.05, 0.1) is 31.6 Å². The van der Waals surface area contributed by atoms with Crippen molar-refractivity contribution in [1.29, 1.82) is 0 Å². The molecule has 2 fully saturated rings. The van der Waals surface area contributed by atoms with Crippen LogP contribution in [0.25, 0.3) is 0 Å². The second-order valence-electron chi connectivity index (χ2n) is 21.3. The first-order chi connectivity index (χ1) is 28.5. The first-order valence-electron chi connectivity index (χ1n) is 23.5. The molecule has 9 nitrogen and oxygen atoms in total. The maximum Gasteiger partial charge on any atom is 0.312 e. The standard InChI is InChI=1S/C51H82ClN3O6/c1-13-60-46(59)47(6,7)32-44(58)61-31-15-26-49(9)41(35(2)3)23-27-50(10)48(8,42(24-28-51(49,50)53)40-21-22-43(57)45(40)36(4)5)25-14-16-39(56)34-55(30-29-54(11)12)33-37-17-19-38(52)20-18-37/h17-20,35-36,41-42H,13-16,21-34,53H2,1-12H3. The Morgan fingerprint density at radius 3 is 2.18 bits per heavy atom. The fraction of sp³-hybridized carbons (Fsp3) is 0.765. The molecule has 10 heteroatoms. The van der Waals surface area contributed by atoms with Crippen LogP contribution in [-0.4, -0.2) is 85.8 Å². The molecule has 0 saturated heterocycles. The number of benzene rings is 1. The van der Waals surface area contributed by atoms with E-state index in [0.29, 0.717) is 55.0 Å². The molecule has 0 amide bonds. The number of hydrogen-bond acceptors (Lipinski definition) is 9. The van der Waals surface area contributed by atoms with Crippen LogP contribution in [0.5, 0.6) is 0 Å². The first-order valence-corrected chi connectivity index (χ1v) is 23.8. The summed E-state index contributed by atoms with van der Waals surface area (Å²) in [5.74, 6) is 0.905. The van der Waals surface area contributed by atoms with Crippen molar-refractivity contribution in [2.24, 2.45) is 51.1 Å². The molecular formula is C51H82ClN3O6. The summed E-state index contributed by atoms with van der Waals surface area (Å²) in [6.45, 7) is 24.7. The van der Waals surface area contributed by atoms with Crippen LogP contribution in [-0.2, 0) is 35.2 Å². The predicted molar refractivity (Wildman–Crippen MR) is 247 cm³/mol. The monoisotopic (exact) mass is 868 g/mol. The number of halogens is 1. The van der Waals surface area contributed by atoms with Crippen molar-refractivity contribution in [2.75, 3.05) is 46.9 Å². The smallest absolute Gasteiger partial charge is 0.312 e. The number of fused-ring (bicyclic) bond motifs is 1. The summed E-state index contributed by atoms with van der Waals surface area (Å²) >= 11 is 6.19. The van der Waals surface area contributed by atoms with Gasteiger partial charge in [0.25, 0.3) is 0 Å². The fourth-order valence-electron chi connectivity index (χ4n) is 12.4. The second kappa shape index (κ2) is 20.9. The fourth-order valence-corrected chi connectivity index (χ4v) is 12.6. The zero-order chi connectivity index (χ0) is 45.6. The highest BCUT2D eigenvalue weighted by Crippen LogP contribution is 2.72. The van der Waals surface area contributed by atoms with E-state index in [-0.39, 0.29) is 53.5 Å². The van der Waals surface area contributed by atoms with Crippen molar-refractivity contribution >= 4 is 35.1 Å². The molecule has 344 valence electrons. The summed E-state index contributed by atoms with van der Waals surface area (Å²) < 4.78 is 11.0. The summed E-state index contributed by atoms with van der Waals surface area (Å²) in [4.78, 5) is 57.4. The summed E-state index contributed by atoms with van der Waals surface area (Å²) in [6, 6.07) is 7.89. The molecule has 2 saturated carbocycles. The van der Waals surface area contributed by atoms with Gasteiger partial charge in [-0.15, -0.1) is 0 Å². The van der Waals surface area contributed by atoms with E-state index in [1.165, 1.54) is 5.57 Å². The Hall–Kier alpha value is -2.59. The number of rotatable bonds is 22. The Kier molecular flexibility index (Phi) is 17.5. The Labute approximate surface area is 374 Å². The van der Waals surface area contributed by atoms with E-state index in [0.717, 1.165) is 75.6 Å². The third-order valence-corrected chi connectivity index (χ3v) is 16.2. The van der Waals surface area contributed by atoms with Crippen LogP contribution in [0, 0.1) is 45.3 Å². The lowest BCUT2D eigenvalue weighted by Crippen LogP contribution is -2.76. The molecule has 4 rings (SSSR count). The molecule has 0 aromatic heterocycles. The van der Waals surface area contributed by atoms with Gasteiger partial charge in [-0.1, -0.05) is 77.8 Å². The maximum absolute atomic E-state index is 14.0. The highest BCUT2D eigenvalue weighted by atomic mass is 35.5. The number of Topliss-reactive ketones (excluding diaryl/α,β-unsaturated/α-hetero) is 2. The number of nitrogens with zero attached hydrogens (tertiary/aromatic N) is 2. The minimum absolute atomic E-state index is 0.0357. The van der Waals surface area contributed by atoms with E-state index in [2.05, 4.69) is 72.4 Å². The van der Waals surface area contributed by atoms with Crippen molar-refractivity contribution in [3.8, 4) is 0 Å². The number of carbonyl (C=O) groups is 4. The molecule has 1 aromatic rings. The van der Waals surface area contributed by atoms with Crippen LogP contribution in [0.1, 0.15) is 152 Å². The van der Waals surface area contributed by atoms with Gasteiger partial charge < -0.3 is 20.1 Å². The van der Waals surface area contributed by atoms with E-state index in [4.69, 9.17) is 26.8 Å². The minimum Gasteiger partial charge on any atom is -0.466 e. The zero-order valence-corrected chi connectivity index (χ0v) is 40.9. The normalized spacial score (nSPS) is 28.3. The van der Waals surface area contributed by atoms with Crippen LogP contribution < -0.4 is 5.73 Å². The topological polar surface area (TPSA) is 119 Å². The number of hydrogen-bond donors (Lipinski definition) is 1. The van der Waals surface area contributed by atoms with E-state index < -0.39 is 22.9 Å². The lowest BCUT2D eigenvalue weighted by atomic mass is 9.33. The van der Waals surface area contributed by atoms with Crippen molar-refractivity contribution in [3.63, 3.8) is 0 Å². The Morgan fingerprint density at radius 1 is 0.918 bits per heavy atom. The Bertz CT molecular complexity index is 1720. The van der Waals surface area contributed by atoms with Crippen molar-refractivity contribution in [2.45, 2.75) is 158 Å². The van der Waals surface area contributed by atoms with E-state index >= 15 is 0 Å². The predicted octanol–water partition coefficient (Wildman–Crippen LogP) is 10.3.